The minimum absolute atomic E-state index is 0.0373. The van der Waals surface area contributed by atoms with E-state index in [-0.39, 0.29) is 22.9 Å². The zero-order valence-electron chi connectivity index (χ0n) is 14.7. The minimum atomic E-state index is -0.453. The number of nitrogens with zero attached hydrogens (tertiary/aromatic N) is 4. The first-order valence-corrected chi connectivity index (χ1v) is 8.76. The molecule has 25 heavy (non-hydrogen) atoms. The largest absolute Gasteiger partial charge is 0.504 e. The molecule has 0 radical (unpaired) electrons. The van der Waals surface area contributed by atoms with Gasteiger partial charge in [-0.3, -0.25) is 14.0 Å². The summed E-state index contributed by atoms with van der Waals surface area (Å²) in [5, 5.41) is 9.80. The second-order valence-electron chi connectivity index (χ2n) is 6.46. The third kappa shape index (κ3) is 3.37. The topological polar surface area (TPSA) is 78.2 Å². The zero-order valence-corrected chi connectivity index (χ0v) is 14.7. The van der Waals surface area contributed by atoms with Crippen LogP contribution in [0.4, 0.5) is 0 Å². The number of hydrogen-bond donors (Lipinski definition) is 1. The molecule has 1 atom stereocenters. The summed E-state index contributed by atoms with van der Waals surface area (Å²) in [6.07, 6.45) is 3.85. The summed E-state index contributed by atoms with van der Waals surface area (Å²) in [7, 11) is 0. The summed E-state index contributed by atoms with van der Waals surface area (Å²) in [5.41, 5.74) is -0.261. The Labute approximate surface area is 146 Å². The Kier molecular flexibility index (Phi) is 5.03. The lowest BCUT2D eigenvalue weighted by molar-refractivity contribution is 0.0737. The Bertz CT molecular complexity index is 833. The van der Waals surface area contributed by atoms with Gasteiger partial charge in [-0.15, -0.1) is 0 Å². The lowest BCUT2D eigenvalue weighted by atomic mass is 10.1. The fraction of sp³-hybridized carbons (Fsp3) is 0.500. The van der Waals surface area contributed by atoms with E-state index in [9.17, 15) is 14.7 Å². The van der Waals surface area contributed by atoms with Gasteiger partial charge in [0.05, 0.1) is 0 Å². The smallest absolute Gasteiger partial charge is 0.270 e. The molecule has 3 heterocycles. The Morgan fingerprint density at radius 2 is 2.24 bits per heavy atom. The molecule has 2 aromatic heterocycles. The van der Waals surface area contributed by atoms with E-state index in [1.54, 1.807) is 11.0 Å². The first-order valence-electron chi connectivity index (χ1n) is 8.76. The first kappa shape index (κ1) is 17.4. The summed E-state index contributed by atoms with van der Waals surface area (Å²) in [5.74, 6) is 0.0494. The molecule has 1 aliphatic rings. The van der Waals surface area contributed by atoms with E-state index in [0.717, 1.165) is 26.1 Å². The van der Waals surface area contributed by atoms with Crippen molar-refractivity contribution in [3.8, 4) is 5.75 Å². The SMILES string of the molecule is CCN1CCC(CN(CC)C(=O)c2cnc3c(O)cccn3c2=O)C1. The molecule has 2 aromatic rings. The number of rotatable bonds is 5. The van der Waals surface area contributed by atoms with Crippen molar-refractivity contribution in [2.24, 2.45) is 5.92 Å². The molecule has 0 spiro atoms. The molecule has 0 aromatic carbocycles. The summed E-state index contributed by atoms with van der Waals surface area (Å²) < 4.78 is 1.21. The molecule has 3 rings (SSSR count). The second-order valence-corrected chi connectivity index (χ2v) is 6.46. The van der Waals surface area contributed by atoms with Crippen LogP contribution in [0.1, 0.15) is 30.6 Å². The normalized spacial score (nSPS) is 17.9. The Morgan fingerprint density at radius 3 is 2.92 bits per heavy atom. The van der Waals surface area contributed by atoms with Gasteiger partial charge in [0.2, 0.25) is 0 Å². The van der Waals surface area contributed by atoms with Gasteiger partial charge >= 0.3 is 0 Å². The number of aromatic hydroxyl groups is 1. The average molecular weight is 344 g/mol. The molecule has 0 bridgehead atoms. The highest BCUT2D eigenvalue weighted by Crippen LogP contribution is 2.18. The van der Waals surface area contributed by atoms with E-state index in [0.29, 0.717) is 19.0 Å². The summed E-state index contributed by atoms with van der Waals surface area (Å²) in [6, 6.07) is 3.01. The minimum Gasteiger partial charge on any atom is -0.504 e. The number of fused-ring (bicyclic) bond motifs is 1. The van der Waals surface area contributed by atoms with Crippen LogP contribution in [0.25, 0.3) is 5.65 Å². The van der Waals surface area contributed by atoms with Crippen LogP contribution in [0.3, 0.4) is 0 Å². The van der Waals surface area contributed by atoms with Gasteiger partial charge in [0.15, 0.2) is 11.4 Å². The molecule has 1 saturated heterocycles. The highest BCUT2D eigenvalue weighted by molar-refractivity contribution is 5.93. The molecule has 7 heteroatoms. The molecule has 0 saturated carbocycles. The van der Waals surface area contributed by atoms with Crippen molar-refractivity contribution >= 4 is 11.6 Å². The number of carbonyl (C=O) groups excluding carboxylic acids is 1. The summed E-state index contributed by atoms with van der Waals surface area (Å²) in [6.45, 7) is 8.33. The first-order chi connectivity index (χ1) is 12.0. The standard InChI is InChI=1S/C18H24N4O3/c1-3-20-9-7-13(11-20)12-21(4-2)17(24)14-10-19-16-15(23)6-5-8-22(16)18(14)25/h5-6,8,10,13,23H,3-4,7,9,11-12H2,1-2H3. The van der Waals surface area contributed by atoms with E-state index < -0.39 is 5.56 Å². The lowest BCUT2D eigenvalue weighted by Gasteiger charge is -2.24. The summed E-state index contributed by atoms with van der Waals surface area (Å²) >= 11 is 0. The maximum absolute atomic E-state index is 12.9. The van der Waals surface area contributed by atoms with Crippen LogP contribution < -0.4 is 5.56 Å². The van der Waals surface area contributed by atoms with Crippen LogP contribution >= 0.6 is 0 Å². The lowest BCUT2D eigenvalue weighted by Crippen LogP contribution is -2.39. The highest BCUT2D eigenvalue weighted by Gasteiger charge is 2.26. The van der Waals surface area contributed by atoms with Gasteiger partial charge in [-0.1, -0.05) is 6.92 Å². The summed E-state index contributed by atoms with van der Waals surface area (Å²) in [4.78, 5) is 33.7. The maximum atomic E-state index is 12.9. The van der Waals surface area contributed by atoms with Crippen molar-refractivity contribution in [3.63, 3.8) is 0 Å². The number of aromatic nitrogens is 2. The molecule has 1 unspecified atom stereocenters. The number of carbonyl (C=O) groups is 1. The van der Waals surface area contributed by atoms with E-state index in [1.165, 1.54) is 22.9 Å². The van der Waals surface area contributed by atoms with Gasteiger partial charge in [-0.25, -0.2) is 4.98 Å². The fourth-order valence-electron chi connectivity index (χ4n) is 3.43. The number of amides is 1. The Balaban J connectivity index is 1.85. The molecule has 1 amide bonds. The van der Waals surface area contributed by atoms with Crippen LogP contribution in [-0.4, -0.2) is 62.9 Å². The van der Waals surface area contributed by atoms with Gasteiger partial charge in [0.1, 0.15) is 5.56 Å². The average Bonchev–Trinajstić information content (AvgIpc) is 3.08. The molecule has 7 nitrogen and oxygen atoms in total. The van der Waals surface area contributed by atoms with Crippen LogP contribution in [0.5, 0.6) is 5.75 Å². The van der Waals surface area contributed by atoms with Crippen LogP contribution in [-0.2, 0) is 0 Å². The van der Waals surface area contributed by atoms with Crippen LogP contribution in [0, 0.1) is 5.92 Å². The molecule has 1 aliphatic heterocycles. The number of likely N-dealkylation sites (tertiary alicyclic amines) is 1. The van der Waals surface area contributed by atoms with E-state index in [1.807, 2.05) is 6.92 Å². The van der Waals surface area contributed by atoms with Crippen molar-refractivity contribution in [1.82, 2.24) is 19.2 Å². The molecule has 1 fully saturated rings. The van der Waals surface area contributed by atoms with E-state index >= 15 is 0 Å². The van der Waals surface area contributed by atoms with E-state index in [2.05, 4.69) is 16.8 Å². The van der Waals surface area contributed by atoms with Crippen LogP contribution in [0.2, 0.25) is 0 Å². The Hall–Kier alpha value is -2.41. The monoisotopic (exact) mass is 344 g/mol. The van der Waals surface area contributed by atoms with Crippen molar-refractivity contribution in [3.05, 3.63) is 40.4 Å². The Morgan fingerprint density at radius 1 is 1.44 bits per heavy atom. The molecule has 0 aliphatic carbocycles. The highest BCUT2D eigenvalue weighted by atomic mass is 16.3. The van der Waals surface area contributed by atoms with Gasteiger partial charge in [-0.2, -0.15) is 0 Å². The maximum Gasteiger partial charge on any atom is 0.270 e. The molecular formula is C18H24N4O3. The van der Waals surface area contributed by atoms with Crippen molar-refractivity contribution < 1.29 is 9.90 Å². The predicted octanol–water partition coefficient (Wildman–Crippen LogP) is 1.20. The second kappa shape index (κ2) is 7.23. The van der Waals surface area contributed by atoms with Crippen molar-refractivity contribution in [2.45, 2.75) is 20.3 Å². The van der Waals surface area contributed by atoms with Crippen LogP contribution in [0.15, 0.2) is 29.3 Å². The van der Waals surface area contributed by atoms with Gasteiger partial charge in [0.25, 0.3) is 11.5 Å². The molecule has 1 N–H and O–H groups in total. The van der Waals surface area contributed by atoms with Crippen molar-refractivity contribution in [2.75, 3.05) is 32.7 Å². The van der Waals surface area contributed by atoms with Gasteiger partial charge in [-0.05, 0) is 44.5 Å². The number of hydrogen-bond acceptors (Lipinski definition) is 5. The van der Waals surface area contributed by atoms with Crippen molar-refractivity contribution in [1.29, 1.82) is 0 Å². The fourth-order valence-corrected chi connectivity index (χ4v) is 3.43. The number of pyridine rings is 1. The molecule has 134 valence electrons. The molecular weight excluding hydrogens is 320 g/mol. The van der Waals surface area contributed by atoms with Gasteiger partial charge in [0, 0.05) is 32.0 Å². The zero-order chi connectivity index (χ0) is 18.0. The third-order valence-corrected chi connectivity index (χ3v) is 4.91. The quantitative estimate of drug-likeness (QED) is 0.882. The van der Waals surface area contributed by atoms with E-state index in [4.69, 9.17) is 0 Å². The van der Waals surface area contributed by atoms with Gasteiger partial charge < -0.3 is 14.9 Å². The third-order valence-electron chi connectivity index (χ3n) is 4.91. The predicted molar refractivity (Wildman–Crippen MR) is 94.9 cm³/mol.